The number of pyridine rings is 2. The minimum absolute atomic E-state index is 0.0957. The molecule has 0 aromatic carbocycles. The van der Waals surface area contributed by atoms with Crippen LogP contribution in [0.4, 0.5) is 20.2 Å². The van der Waals surface area contributed by atoms with Gasteiger partial charge in [0.1, 0.15) is 29.3 Å². The highest BCUT2D eigenvalue weighted by molar-refractivity contribution is 6.02. The molecule has 4 aliphatic rings. The molecule has 4 fully saturated rings. The summed E-state index contributed by atoms with van der Waals surface area (Å²) < 4.78 is 41.9. The lowest BCUT2D eigenvalue weighted by atomic mass is 9.92. The zero-order valence-electron chi connectivity index (χ0n) is 31.7. The molecule has 4 amide bonds. The maximum atomic E-state index is 15.3. The molecule has 3 atom stereocenters. The van der Waals surface area contributed by atoms with Crippen LogP contribution < -0.4 is 21.3 Å². The highest BCUT2D eigenvalue weighted by Crippen LogP contribution is 2.32. The molecular formula is C38H48F2N8O8. The average Bonchev–Trinajstić information content (AvgIpc) is 3.13. The van der Waals surface area contributed by atoms with Crippen LogP contribution in [-0.2, 0) is 38.2 Å². The summed E-state index contributed by atoms with van der Waals surface area (Å²) in [5.74, 6) is -4.49. The molecule has 6 heterocycles. The van der Waals surface area contributed by atoms with E-state index in [1.807, 2.05) is 4.90 Å². The van der Waals surface area contributed by atoms with Crippen molar-refractivity contribution in [2.45, 2.75) is 108 Å². The maximum absolute atomic E-state index is 15.3. The largest absolute Gasteiger partial charge is 0.456 e. The normalized spacial score (nSPS) is 22.5. The standard InChI is InChI=1S/C38H48F2N8O8/c1-38(2,3)56-37(54)36(48-14-10-22(11-15-48)33-26(40)17-24(19-42-33)44-28-5-7-30(50)46-35(28)53)55-31(51)20-47-12-8-21(9-13-47)32-25(39)16-23(18-41-32)43-27-4-6-29(49)45-34(27)52/h16-19,21-22,27-28,36,43-44H,4-15,20H2,1-3H3,(H,45,49,52)(H,46,50,53). The van der Waals surface area contributed by atoms with Crippen molar-refractivity contribution in [3.8, 4) is 0 Å². The Labute approximate surface area is 322 Å². The predicted octanol–water partition coefficient (Wildman–Crippen LogP) is 2.46. The minimum atomic E-state index is -1.32. The smallest absolute Gasteiger partial charge is 0.363 e. The van der Waals surface area contributed by atoms with Crippen LogP contribution in [0, 0.1) is 11.6 Å². The molecule has 0 saturated carbocycles. The number of aromatic nitrogens is 2. The lowest BCUT2D eigenvalue weighted by molar-refractivity contribution is -0.191. The minimum Gasteiger partial charge on any atom is -0.456 e. The molecule has 4 N–H and O–H groups in total. The van der Waals surface area contributed by atoms with Gasteiger partial charge in [0.25, 0.3) is 6.23 Å². The van der Waals surface area contributed by atoms with Crippen molar-refractivity contribution in [3.05, 3.63) is 47.5 Å². The van der Waals surface area contributed by atoms with Crippen molar-refractivity contribution in [3.63, 3.8) is 0 Å². The first kappa shape index (κ1) is 40.6. The van der Waals surface area contributed by atoms with E-state index in [0.29, 0.717) is 81.8 Å². The number of rotatable bonds is 11. The number of likely N-dealkylation sites (tertiary alicyclic amines) is 2. The third-order valence-electron chi connectivity index (χ3n) is 10.3. The van der Waals surface area contributed by atoms with Crippen molar-refractivity contribution in [2.24, 2.45) is 0 Å². The average molecular weight is 783 g/mol. The van der Waals surface area contributed by atoms with Gasteiger partial charge in [0.15, 0.2) is 0 Å². The Morgan fingerprint density at radius 3 is 1.68 bits per heavy atom. The quantitative estimate of drug-likeness (QED) is 0.191. The van der Waals surface area contributed by atoms with E-state index in [2.05, 4.69) is 31.2 Å². The van der Waals surface area contributed by atoms with Gasteiger partial charge in [-0.3, -0.25) is 54.4 Å². The maximum Gasteiger partial charge on any atom is 0.363 e. The Morgan fingerprint density at radius 1 is 0.786 bits per heavy atom. The van der Waals surface area contributed by atoms with Gasteiger partial charge in [-0.05, 0) is 72.4 Å². The zero-order valence-corrected chi connectivity index (χ0v) is 31.7. The molecule has 3 unspecified atom stereocenters. The molecule has 6 rings (SSSR count). The molecule has 16 nitrogen and oxygen atoms in total. The van der Waals surface area contributed by atoms with Gasteiger partial charge in [0.05, 0.1) is 41.7 Å². The molecule has 0 spiro atoms. The number of imide groups is 2. The van der Waals surface area contributed by atoms with Gasteiger partial charge in [0, 0.05) is 49.9 Å². The Bertz CT molecular complexity index is 1840. The number of carbonyl (C=O) groups excluding carboxylic acids is 6. The molecule has 4 aliphatic heterocycles. The van der Waals surface area contributed by atoms with Crippen molar-refractivity contribution in [1.29, 1.82) is 0 Å². The van der Waals surface area contributed by atoms with Gasteiger partial charge in [-0.15, -0.1) is 0 Å². The molecule has 302 valence electrons. The van der Waals surface area contributed by atoms with Crippen LogP contribution in [0.15, 0.2) is 24.5 Å². The van der Waals surface area contributed by atoms with Gasteiger partial charge >= 0.3 is 11.9 Å². The first-order chi connectivity index (χ1) is 26.6. The van der Waals surface area contributed by atoms with Crippen molar-refractivity contribution < 1.29 is 47.0 Å². The first-order valence-corrected chi connectivity index (χ1v) is 19.0. The van der Waals surface area contributed by atoms with Crippen molar-refractivity contribution >= 4 is 46.9 Å². The molecular weight excluding hydrogens is 734 g/mol. The van der Waals surface area contributed by atoms with Crippen molar-refractivity contribution in [2.75, 3.05) is 43.4 Å². The number of nitrogens with zero attached hydrogens (tertiary/aromatic N) is 4. The number of amides is 4. The van der Waals surface area contributed by atoms with E-state index in [0.717, 1.165) is 0 Å². The van der Waals surface area contributed by atoms with Gasteiger partial charge in [-0.1, -0.05) is 0 Å². The van der Waals surface area contributed by atoms with Crippen LogP contribution in [-0.4, -0.2) is 112 Å². The molecule has 0 bridgehead atoms. The molecule has 18 heteroatoms. The monoisotopic (exact) mass is 782 g/mol. The SMILES string of the molecule is CC(C)(C)OC(=O)C(OC(=O)CN1CCC(c2ncc(NC3CCC(=O)NC3=O)cc2F)CC1)N1CCC(c2ncc(NC3CCC(=O)NC3=O)cc2F)CC1. The highest BCUT2D eigenvalue weighted by Gasteiger charge is 2.38. The third-order valence-corrected chi connectivity index (χ3v) is 10.3. The highest BCUT2D eigenvalue weighted by atomic mass is 19.1. The van der Waals surface area contributed by atoms with Crippen LogP contribution in [0.1, 0.15) is 95.4 Å². The van der Waals surface area contributed by atoms with Crippen LogP contribution in [0.3, 0.4) is 0 Å². The predicted molar refractivity (Wildman–Crippen MR) is 196 cm³/mol. The van der Waals surface area contributed by atoms with E-state index in [-0.39, 0.29) is 48.7 Å². The van der Waals surface area contributed by atoms with Gasteiger partial charge in [-0.25, -0.2) is 13.6 Å². The Hall–Kier alpha value is -5.10. The fourth-order valence-electron chi connectivity index (χ4n) is 7.46. The van der Waals surface area contributed by atoms with E-state index >= 15 is 8.78 Å². The number of anilines is 2. The van der Waals surface area contributed by atoms with E-state index in [1.54, 1.807) is 25.7 Å². The Balaban J connectivity index is 1.00. The van der Waals surface area contributed by atoms with Crippen molar-refractivity contribution in [1.82, 2.24) is 30.4 Å². The number of carbonyl (C=O) groups is 6. The van der Waals surface area contributed by atoms with E-state index < -0.39 is 59.3 Å². The van der Waals surface area contributed by atoms with E-state index in [9.17, 15) is 28.8 Å². The molecule has 0 radical (unpaired) electrons. The molecule has 4 saturated heterocycles. The topological polar surface area (TPSA) is 201 Å². The number of hydrogen-bond acceptors (Lipinski definition) is 14. The number of piperidine rings is 4. The summed E-state index contributed by atoms with van der Waals surface area (Å²) in [6.45, 7) is 6.56. The summed E-state index contributed by atoms with van der Waals surface area (Å²) in [5.41, 5.74) is 0.357. The fourth-order valence-corrected chi connectivity index (χ4v) is 7.46. The lowest BCUT2D eigenvalue weighted by Crippen LogP contribution is -2.51. The van der Waals surface area contributed by atoms with Crippen LogP contribution in [0.2, 0.25) is 0 Å². The third kappa shape index (κ3) is 10.4. The summed E-state index contributed by atoms with van der Waals surface area (Å²) in [6.07, 6.45) is 4.47. The summed E-state index contributed by atoms with van der Waals surface area (Å²) in [6, 6.07) is 1.24. The van der Waals surface area contributed by atoms with E-state index in [4.69, 9.17) is 9.47 Å². The number of hydrogen-bond donors (Lipinski definition) is 4. The number of ether oxygens (including phenoxy) is 2. The first-order valence-electron chi connectivity index (χ1n) is 19.0. The second kappa shape index (κ2) is 17.4. The summed E-state index contributed by atoms with van der Waals surface area (Å²) in [5, 5.41) is 10.4. The zero-order chi connectivity index (χ0) is 40.1. The lowest BCUT2D eigenvalue weighted by Gasteiger charge is -2.37. The number of nitrogens with one attached hydrogen (secondary N) is 4. The van der Waals surface area contributed by atoms with Gasteiger partial charge in [0.2, 0.25) is 23.6 Å². The molecule has 56 heavy (non-hydrogen) atoms. The second-order valence-electron chi connectivity index (χ2n) is 15.7. The fraction of sp³-hybridized carbons (Fsp3) is 0.579. The summed E-state index contributed by atoms with van der Waals surface area (Å²) in [4.78, 5) is 86.0. The van der Waals surface area contributed by atoms with Gasteiger partial charge in [-0.2, -0.15) is 0 Å². The van der Waals surface area contributed by atoms with Crippen LogP contribution >= 0.6 is 0 Å². The number of halogens is 2. The van der Waals surface area contributed by atoms with Gasteiger partial charge < -0.3 is 20.1 Å². The summed E-state index contributed by atoms with van der Waals surface area (Å²) >= 11 is 0. The second-order valence-corrected chi connectivity index (χ2v) is 15.7. The molecule has 0 aliphatic carbocycles. The van der Waals surface area contributed by atoms with Crippen LogP contribution in [0.25, 0.3) is 0 Å². The summed E-state index contributed by atoms with van der Waals surface area (Å²) in [7, 11) is 0. The van der Waals surface area contributed by atoms with E-state index in [1.165, 1.54) is 24.5 Å². The van der Waals surface area contributed by atoms with Crippen LogP contribution in [0.5, 0.6) is 0 Å². The number of esters is 2. The Kier molecular flexibility index (Phi) is 12.6. The molecule has 2 aromatic heterocycles. The molecule has 2 aromatic rings. The Morgan fingerprint density at radius 2 is 1.25 bits per heavy atom.